The van der Waals surface area contributed by atoms with Crippen LogP contribution in [0, 0.1) is 0 Å². The Bertz CT molecular complexity index is 587. The van der Waals surface area contributed by atoms with Gasteiger partial charge in [0.25, 0.3) is 0 Å². The molecular formula is C13H16F3N3. The molecule has 0 saturated heterocycles. The summed E-state index contributed by atoms with van der Waals surface area (Å²) in [5, 5.41) is 0. The maximum atomic E-state index is 12.5. The Morgan fingerprint density at radius 1 is 1.37 bits per heavy atom. The lowest BCUT2D eigenvalue weighted by Gasteiger charge is -2.18. The summed E-state index contributed by atoms with van der Waals surface area (Å²) >= 11 is 0. The fraction of sp³-hybridized carbons (Fsp3) is 0.462. The third kappa shape index (κ3) is 2.83. The smallest absolute Gasteiger partial charge is 0.391 e. The third-order valence-electron chi connectivity index (χ3n) is 3.07. The molecule has 2 rings (SSSR count). The van der Waals surface area contributed by atoms with E-state index in [0.29, 0.717) is 29.0 Å². The number of fused-ring (bicyclic) bond motifs is 1. The molecule has 1 atom stereocenters. The van der Waals surface area contributed by atoms with Crippen LogP contribution in [0.4, 0.5) is 18.9 Å². The second-order valence-corrected chi connectivity index (χ2v) is 4.67. The summed E-state index contributed by atoms with van der Waals surface area (Å²) in [6.45, 7) is 3.44. The van der Waals surface area contributed by atoms with Gasteiger partial charge in [0.15, 0.2) is 0 Å². The number of aromatic nitrogens is 2. The molecule has 0 bridgehead atoms. The van der Waals surface area contributed by atoms with E-state index in [1.54, 1.807) is 29.7 Å². The third-order valence-corrected chi connectivity index (χ3v) is 3.07. The zero-order chi connectivity index (χ0) is 14.2. The molecule has 0 radical (unpaired) electrons. The Morgan fingerprint density at radius 3 is 2.63 bits per heavy atom. The summed E-state index contributed by atoms with van der Waals surface area (Å²) in [5.41, 5.74) is 7.57. The SMILES string of the molecule is CCc1nc2cc(N)ccc2n1C(C)CC(F)(F)F. The molecule has 1 heterocycles. The Labute approximate surface area is 109 Å². The van der Waals surface area contributed by atoms with E-state index in [1.165, 1.54) is 0 Å². The maximum Gasteiger partial charge on any atom is 0.391 e. The van der Waals surface area contributed by atoms with Crippen molar-refractivity contribution in [3.8, 4) is 0 Å². The summed E-state index contributed by atoms with van der Waals surface area (Å²) in [5.74, 6) is 0.650. The first kappa shape index (κ1) is 13.7. The molecule has 104 valence electrons. The molecule has 0 spiro atoms. The van der Waals surface area contributed by atoms with Gasteiger partial charge in [-0.05, 0) is 25.1 Å². The van der Waals surface area contributed by atoms with Crippen LogP contribution >= 0.6 is 0 Å². The molecule has 0 amide bonds. The molecule has 1 aromatic carbocycles. The number of nitrogen functional groups attached to an aromatic ring is 1. The second-order valence-electron chi connectivity index (χ2n) is 4.67. The Morgan fingerprint density at radius 2 is 2.05 bits per heavy atom. The quantitative estimate of drug-likeness (QED) is 0.865. The lowest BCUT2D eigenvalue weighted by molar-refractivity contribution is -0.141. The number of alkyl halides is 3. The zero-order valence-corrected chi connectivity index (χ0v) is 10.8. The molecule has 0 saturated carbocycles. The number of hydrogen-bond donors (Lipinski definition) is 1. The number of nitrogens with zero attached hydrogens (tertiary/aromatic N) is 2. The van der Waals surface area contributed by atoms with E-state index in [4.69, 9.17) is 5.73 Å². The van der Waals surface area contributed by atoms with E-state index < -0.39 is 18.6 Å². The molecule has 6 heteroatoms. The van der Waals surface area contributed by atoms with Crippen molar-refractivity contribution in [1.29, 1.82) is 0 Å². The minimum atomic E-state index is -4.19. The molecule has 3 nitrogen and oxygen atoms in total. The Kier molecular flexibility index (Phi) is 3.43. The maximum absolute atomic E-state index is 12.5. The highest BCUT2D eigenvalue weighted by atomic mass is 19.4. The summed E-state index contributed by atoms with van der Waals surface area (Å²) in [7, 11) is 0. The van der Waals surface area contributed by atoms with Crippen LogP contribution in [0.3, 0.4) is 0 Å². The first-order valence-corrected chi connectivity index (χ1v) is 6.15. The van der Waals surface area contributed by atoms with Crippen LogP contribution in [0.15, 0.2) is 18.2 Å². The fourth-order valence-electron chi connectivity index (χ4n) is 2.33. The molecule has 2 aromatic rings. The molecule has 0 fully saturated rings. The van der Waals surface area contributed by atoms with Crippen LogP contribution in [0.2, 0.25) is 0 Å². The lowest BCUT2D eigenvalue weighted by Crippen LogP contribution is -2.18. The molecule has 19 heavy (non-hydrogen) atoms. The van der Waals surface area contributed by atoms with Gasteiger partial charge in [-0.15, -0.1) is 0 Å². The lowest BCUT2D eigenvalue weighted by atomic mass is 10.2. The summed E-state index contributed by atoms with van der Waals surface area (Å²) in [4.78, 5) is 4.36. The number of hydrogen-bond acceptors (Lipinski definition) is 2. The van der Waals surface area contributed by atoms with Crippen molar-refractivity contribution in [2.24, 2.45) is 0 Å². The van der Waals surface area contributed by atoms with Gasteiger partial charge >= 0.3 is 6.18 Å². The molecule has 0 aliphatic rings. The molecule has 1 aromatic heterocycles. The highest BCUT2D eigenvalue weighted by Crippen LogP contribution is 2.31. The highest BCUT2D eigenvalue weighted by molar-refractivity contribution is 5.79. The average molecular weight is 271 g/mol. The van der Waals surface area contributed by atoms with E-state index >= 15 is 0 Å². The fourth-order valence-corrected chi connectivity index (χ4v) is 2.33. The number of benzene rings is 1. The first-order chi connectivity index (χ1) is 8.81. The molecule has 0 aliphatic carbocycles. The summed E-state index contributed by atoms with van der Waals surface area (Å²) in [6.07, 6.45) is -4.47. The predicted molar refractivity (Wildman–Crippen MR) is 68.9 cm³/mol. The summed E-state index contributed by atoms with van der Waals surface area (Å²) < 4.78 is 39.3. The van der Waals surface area contributed by atoms with Crippen molar-refractivity contribution in [2.75, 3.05) is 5.73 Å². The number of rotatable bonds is 3. The van der Waals surface area contributed by atoms with E-state index in [2.05, 4.69) is 4.98 Å². The first-order valence-electron chi connectivity index (χ1n) is 6.15. The molecule has 2 N–H and O–H groups in total. The van der Waals surface area contributed by atoms with Gasteiger partial charge in [-0.25, -0.2) is 4.98 Å². The minimum Gasteiger partial charge on any atom is -0.399 e. The monoisotopic (exact) mass is 271 g/mol. The van der Waals surface area contributed by atoms with E-state index in [9.17, 15) is 13.2 Å². The van der Waals surface area contributed by atoms with Crippen molar-refractivity contribution in [2.45, 2.75) is 38.9 Å². The molecular weight excluding hydrogens is 255 g/mol. The minimum absolute atomic E-state index is 0.559. The van der Waals surface area contributed by atoms with Crippen LogP contribution in [0.1, 0.15) is 32.1 Å². The topological polar surface area (TPSA) is 43.8 Å². The van der Waals surface area contributed by atoms with Gasteiger partial charge in [0, 0.05) is 18.2 Å². The van der Waals surface area contributed by atoms with Gasteiger partial charge in [-0.1, -0.05) is 6.92 Å². The van der Waals surface area contributed by atoms with Gasteiger partial charge in [0.1, 0.15) is 5.82 Å². The number of anilines is 1. The summed E-state index contributed by atoms with van der Waals surface area (Å²) in [6, 6.07) is 4.42. The Hall–Kier alpha value is -1.72. The van der Waals surface area contributed by atoms with Gasteiger partial charge in [-0.3, -0.25) is 0 Å². The number of aryl methyl sites for hydroxylation is 1. The van der Waals surface area contributed by atoms with Crippen molar-refractivity contribution < 1.29 is 13.2 Å². The predicted octanol–water partition coefficient (Wildman–Crippen LogP) is 3.69. The number of nitrogens with two attached hydrogens (primary N) is 1. The highest BCUT2D eigenvalue weighted by Gasteiger charge is 2.31. The van der Waals surface area contributed by atoms with Crippen LogP contribution in [-0.2, 0) is 6.42 Å². The number of halogens is 3. The van der Waals surface area contributed by atoms with E-state index in [-0.39, 0.29) is 0 Å². The standard InChI is InChI=1S/C13H16F3N3/c1-3-12-18-10-6-9(17)4-5-11(10)19(12)8(2)7-13(14,15)16/h4-6,8H,3,7,17H2,1-2H3. The van der Waals surface area contributed by atoms with Gasteiger partial charge < -0.3 is 10.3 Å². The zero-order valence-electron chi connectivity index (χ0n) is 10.8. The van der Waals surface area contributed by atoms with Gasteiger partial charge in [0.2, 0.25) is 0 Å². The Balaban J connectivity index is 2.51. The van der Waals surface area contributed by atoms with Crippen LogP contribution in [-0.4, -0.2) is 15.7 Å². The van der Waals surface area contributed by atoms with Crippen LogP contribution < -0.4 is 5.73 Å². The molecule has 0 aliphatic heterocycles. The van der Waals surface area contributed by atoms with E-state index in [1.807, 2.05) is 6.92 Å². The van der Waals surface area contributed by atoms with E-state index in [0.717, 1.165) is 0 Å². The van der Waals surface area contributed by atoms with Crippen LogP contribution in [0.25, 0.3) is 11.0 Å². The normalized spacial score (nSPS) is 13.9. The second kappa shape index (κ2) is 4.75. The van der Waals surface area contributed by atoms with Crippen molar-refractivity contribution in [3.05, 3.63) is 24.0 Å². The van der Waals surface area contributed by atoms with Crippen LogP contribution in [0.5, 0.6) is 0 Å². The number of imidazole rings is 1. The van der Waals surface area contributed by atoms with Crippen molar-refractivity contribution >= 4 is 16.7 Å². The van der Waals surface area contributed by atoms with Crippen molar-refractivity contribution in [3.63, 3.8) is 0 Å². The molecule has 1 unspecified atom stereocenters. The van der Waals surface area contributed by atoms with Gasteiger partial charge in [0.05, 0.1) is 17.5 Å². The average Bonchev–Trinajstić information content (AvgIpc) is 2.63. The van der Waals surface area contributed by atoms with Crippen molar-refractivity contribution in [1.82, 2.24) is 9.55 Å². The van der Waals surface area contributed by atoms with Gasteiger partial charge in [-0.2, -0.15) is 13.2 Å². The largest absolute Gasteiger partial charge is 0.399 e.